The summed E-state index contributed by atoms with van der Waals surface area (Å²) < 4.78 is 5.25. The van der Waals surface area contributed by atoms with Crippen LogP contribution in [0.2, 0.25) is 0 Å². The summed E-state index contributed by atoms with van der Waals surface area (Å²) in [5.41, 5.74) is 0.210. The van der Waals surface area contributed by atoms with Gasteiger partial charge < -0.3 is 25.6 Å². The van der Waals surface area contributed by atoms with Crippen molar-refractivity contribution in [3.05, 3.63) is 35.9 Å². The van der Waals surface area contributed by atoms with E-state index in [0.717, 1.165) is 24.8 Å². The topological polar surface area (TPSA) is 134 Å². The lowest BCUT2D eigenvalue weighted by Crippen LogP contribution is -2.60. The zero-order chi connectivity index (χ0) is 31.2. The van der Waals surface area contributed by atoms with Crippen LogP contribution in [0.4, 0.5) is 4.79 Å². The molecule has 0 spiro atoms. The zero-order valence-corrected chi connectivity index (χ0v) is 26.1. The number of ether oxygens (including phenoxy) is 1. The number of ketones is 1. The van der Waals surface area contributed by atoms with Gasteiger partial charge in [0, 0.05) is 6.54 Å². The lowest BCUT2D eigenvalue weighted by molar-refractivity contribution is -0.144. The Morgan fingerprint density at radius 1 is 0.976 bits per heavy atom. The van der Waals surface area contributed by atoms with Crippen LogP contribution >= 0.6 is 0 Å². The van der Waals surface area contributed by atoms with Crippen molar-refractivity contribution in [1.29, 1.82) is 0 Å². The number of nitrogens with zero attached hydrogens (tertiary/aromatic N) is 1. The van der Waals surface area contributed by atoms with Crippen LogP contribution in [0.5, 0.6) is 0 Å². The van der Waals surface area contributed by atoms with Gasteiger partial charge in [-0.2, -0.15) is 0 Å². The molecule has 1 aliphatic heterocycles. The molecule has 42 heavy (non-hydrogen) atoms. The number of likely N-dealkylation sites (tertiary alicyclic amines) is 1. The molecule has 3 N–H and O–H groups in total. The van der Waals surface area contributed by atoms with E-state index in [4.69, 9.17) is 4.74 Å². The molecule has 10 heteroatoms. The van der Waals surface area contributed by atoms with Gasteiger partial charge in [0.15, 0.2) is 0 Å². The number of benzene rings is 1. The predicted octanol–water partition coefficient (Wildman–Crippen LogP) is 3.89. The Balaban J connectivity index is 1.79. The summed E-state index contributed by atoms with van der Waals surface area (Å²) in [7, 11) is 0. The average molecular weight is 585 g/mol. The van der Waals surface area contributed by atoms with Crippen LogP contribution in [0.3, 0.4) is 0 Å². The van der Waals surface area contributed by atoms with Crippen LogP contribution < -0.4 is 16.0 Å². The first-order valence-corrected chi connectivity index (χ1v) is 15.2. The highest BCUT2D eigenvalue weighted by molar-refractivity contribution is 6.38. The molecule has 6 atom stereocenters. The van der Waals surface area contributed by atoms with E-state index in [1.807, 2.05) is 58.0 Å². The number of Topliss-reactive ketones (excluding diaryl/α,β-unsaturated/α-hetero) is 1. The third kappa shape index (κ3) is 8.10. The minimum absolute atomic E-state index is 0.0542. The molecule has 10 nitrogen and oxygen atoms in total. The smallest absolute Gasteiger partial charge is 0.408 e. The molecule has 2 aliphatic rings. The molecule has 2 fully saturated rings. The summed E-state index contributed by atoms with van der Waals surface area (Å²) in [6, 6.07) is 6.22. The van der Waals surface area contributed by atoms with E-state index in [2.05, 4.69) is 16.0 Å². The first-order valence-electron chi connectivity index (χ1n) is 15.2. The lowest BCUT2D eigenvalue weighted by atomic mass is 9.85. The average Bonchev–Trinajstić information content (AvgIpc) is 3.51. The number of alkyl carbamates (subject to hydrolysis) is 1. The first kappa shape index (κ1) is 33.1. The fourth-order valence-electron chi connectivity index (χ4n) is 6.11. The second-order valence-corrected chi connectivity index (χ2v) is 13.0. The summed E-state index contributed by atoms with van der Waals surface area (Å²) in [4.78, 5) is 68.2. The van der Waals surface area contributed by atoms with Crippen LogP contribution in [-0.2, 0) is 23.9 Å². The zero-order valence-electron chi connectivity index (χ0n) is 26.1. The number of rotatable bonds is 11. The predicted molar refractivity (Wildman–Crippen MR) is 159 cm³/mol. The molecule has 0 unspecified atom stereocenters. The van der Waals surface area contributed by atoms with E-state index in [-0.39, 0.29) is 29.9 Å². The molecule has 1 heterocycles. The fourth-order valence-corrected chi connectivity index (χ4v) is 6.11. The lowest BCUT2D eigenvalue weighted by Gasteiger charge is -2.36. The van der Waals surface area contributed by atoms with Gasteiger partial charge in [-0.15, -0.1) is 0 Å². The van der Waals surface area contributed by atoms with E-state index in [9.17, 15) is 24.0 Å². The number of carbonyl (C=O) groups excluding carboxylic acids is 5. The molecule has 1 saturated heterocycles. The molecule has 1 saturated carbocycles. The normalized spacial score (nSPS) is 22.1. The maximum absolute atomic E-state index is 14.0. The van der Waals surface area contributed by atoms with Crippen LogP contribution in [0.25, 0.3) is 0 Å². The van der Waals surface area contributed by atoms with E-state index in [1.54, 1.807) is 25.7 Å². The number of fused-ring (bicyclic) bond motifs is 1. The van der Waals surface area contributed by atoms with Gasteiger partial charge in [0.2, 0.25) is 17.6 Å². The minimum atomic E-state index is -1.01. The highest BCUT2D eigenvalue weighted by Crippen LogP contribution is 2.43. The second-order valence-electron chi connectivity index (χ2n) is 13.0. The summed E-state index contributed by atoms with van der Waals surface area (Å²) in [6.45, 7) is 13.1. The van der Waals surface area contributed by atoms with Crippen LogP contribution in [0, 0.1) is 17.3 Å². The van der Waals surface area contributed by atoms with Crippen molar-refractivity contribution in [2.45, 2.75) is 111 Å². The van der Waals surface area contributed by atoms with Gasteiger partial charge in [-0.1, -0.05) is 70.9 Å². The van der Waals surface area contributed by atoms with E-state index in [0.29, 0.717) is 19.4 Å². The van der Waals surface area contributed by atoms with Gasteiger partial charge in [0.05, 0.1) is 18.2 Å². The van der Waals surface area contributed by atoms with Gasteiger partial charge in [-0.3, -0.25) is 19.2 Å². The molecule has 0 radical (unpaired) electrons. The Labute approximate surface area is 249 Å². The highest BCUT2D eigenvalue weighted by atomic mass is 16.6. The van der Waals surface area contributed by atoms with Gasteiger partial charge in [0.1, 0.15) is 12.1 Å². The Bertz CT molecular complexity index is 1130. The third-order valence-electron chi connectivity index (χ3n) is 8.24. The Morgan fingerprint density at radius 3 is 2.24 bits per heavy atom. The molecular formula is C32H48N4O6. The number of nitrogens with one attached hydrogen (secondary N) is 3. The molecule has 1 aromatic carbocycles. The standard InChI is InChI=1S/C32H48N4O6/c1-8-13-24(26(37)29(39)33-20(4)21-14-10-9-11-15-21)34-28(38)25-23-17-12-16-22(23)18-36(25)30(40)27(32(5,6)7)35-31(41)42-19(2)3/h9-11,14-15,19-20,22-25,27H,8,12-13,16-18H2,1-7H3,(H,33,39)(H,34,38)(H,35,41)/t20-,22-,23-,24+,25-,27+/m0/s1. The number of carbonyl (C=O) groups is 5. The molecule has 0 aromatic heterocycles. The first-order chi connectivity index (χ1) is 19.7. The summed E-state index contributed by atoms with van der Waals surface area (Å²) in [6.07, 6.45) is 2.47. The van der Waals surface area contributed by atoms with Crippen molar-refractivity contribution in [3.8, 4) is 0 Å². The summed E-state index contributed by atoms with van der Waals surface area (Å²) >= 11 is 0. The number of hydrogen-bond acceptors (Lipinski definition) is 6. The van der Waals surface area contributed by atoms with Gasteiger partial charge in [-0.05, 0) is 62.8 Å². The van der Waals surface area contributed by atoms with Gasteiger partial charge in [-0.25, -0.2) is 4.79 Å². The summed E-state index contributed by atoms with van der Waals surface area (Å²) in [5, 5.41) is 8.31. The van der Waals surface area contributed by atoms with Crippen LogP contribution in [0.1, 0.15) is 92.2 Å². The second kappa shape index (κ2) is 14.2. The third-order valence-corrected chi connectivity index (χ3v) is 8.24. The molecule has 3 rings (SSSR count). The molecule has 4 amide bonds. The summed E-state index contributed by atoms with van der Waals surface area (Å²) in [5.74, 6) is -2.16. The number of amides is 4. The van der Waals surface area contributed by atoms with Crippen molar-refractivity contribution in [2.24, 2.45) is 17.3 Å². The molecule has 0 bridgehead atoms. The molecule has 1 aromatic rings. The maximum atomic E-state index is 14.0. The van der Waals surface area contributed by atoms with Crippen molar-refractivity contribution >= 4 is 29.6 Å². The van der Waals surface area contributed by atoms with Crippen molar-refractivity contribution < 1.29 is 28.7 Å². The monoisotopic (exact) mass is 584 g/mol. The fraction of sp³-hybridized carbons (Fsp3) is 0.656. The van der Waals surface area contributed by atoms with Crippen molar-refractivity contribution in [1.82, 2.24) is 20.9 Å². The van der Waals surface area contributed by atoms with E-state index in [1.165, 1.54) is 0 Å². The minimum Gasteiger partial charge on any atom is -0.447 e. The Hall–Kier alpha value is -3.43. The number of hydrogen-bond donors (Lipinski definition) is 3. The highest BCUT2D eigenvalue weighted by Gasteiger charge is 2.52. The van der Waals surface area contributed by atoms with Crippen molar-refractivity contribution in [3.63, 3.8) is 0 Å². The molecule has 232 valence electrons. The van der Waals surface area contributed by atoms with Crippen LogP contribution in [-0.4, -0.2) is 65.3 Å². The van der Waals surface area contributed by atoms with Crippen molar-refractivity contribution in [2.75, 3.05) is 6.54 Å². The van der Waals surface area contributed by atoms with Crippen LogP contribution in [0.15, 0.2) is 30.3 Å². The largest absolute Gasteiger partial charge is 0.447 e. The molecular weight excluding hydrogens is 536 g/mol. The SMILES string of the molecule is CCC[C@@H](NC(=O)[C@@H]1[C@H]2CCC[C@H]2CN1C(=O)[C@@H](NC(=O)OC(C)C)C(C)(C)C)C(=O)C(=O)N[C@@H](C)c1ccccc1. The quantitative estimate of drug-likeness (QED) is 0.338. The molecule has 1 aliphatic carbocycles. The van der Waals surface area contributed by atoms with Gasteiger partial charge >= 0.3 is 6.09 Å². The van der Waals surface area contributed by atoms with E-state index < -0.39 is 47.2 Å². The Morgan fingerprint density at radius 2 is 1.64 bits per heavy atom. The maximum Gasteiger partial charge on any atom is 0.408 e. The van der Waals surface area contributed by atoms with Gasteiger partial charge in [0.25, 0.3) is 5.91 Å². The van der Waals surface area contributed by atoms with E-state index >= 15 is 0 Å². The Kier molecular flexibility index (Phi) is 11.2.